The number of carbonyl (C=O) groups is 1. The second-order valence-corrected chi connectivity index (χ2v) is 8.97. The fraction of sp³-hybridized carbons (Fsp3) is 0.400. The van der Waals surface area contributed by atoms with Crippen LogP contribution in [0.15, 0.2) is 48.5 Å². The molecule has 5 nitrogen and oxygen atoms in total. The standard InChI is InChI=1S/C25H30ClN3O2/c1-27(2)19-12-14-29(15-13-19)16-24(30)25-21-6-4-5-7-22(21)28(3)23(25)17-31-20-10-8-18(26)9-11-20/h4-11,19H,12-17H2,1-3H3. The summed E-state index contributed by atoms with van der Waals surface area (Å²) in [6.45, 7) is 2.69. The van der Waals surface area contributed by atoms with Crippen LogP contribution in [-0.4, -0.2) is 59.9 Å². The average Bonchev–Trinajstić information content (AvgIpc) is 3.06. The number of carbonyl (C=O) groups excluding carboxylic acids is 1. The number of halogens is 1. The molecule has 0 radical (unpaired) electrons. The van der Waals surface area contributed by atoms with E-state index in [0.29, 0.717) is 24.2 Å². The molecule has 31 heavy (non-hydrogen) atoms. The second kappa shape index (κ2) is 9.43. The number of para-hydroxylation sites is 1. The molecule has 0 atom stereocenters. The van der Waals surface area contributed by atoms with Gasteiger partial charge in [0.15, 0.2) is 5.78 Å². The number of aromatic nitrogens is 1. The number of nitrogens with zero attached hydrogens (tertiary/aromatic N) is 3. The number of benzene rings is 2. The van der Waals surface area contributed by atoms with E-state index in [2.05, 4.69) is 34.5 Å². The summed E-state index contributed by atoms with van der Waals surface area (Å²) < 4.78 is 8.11. The zero-order chi connectivity index (χ0) is 22.0. The first-order valence-electron chi connectivity index (χ1n) is 10.8. The summed E-state index contributed by atoms with van der Waals surface area (Å²) in [6, 6.07) is 16.0. The zero-order valence-corrected chi connectivity index (χ0v) is 19.2. The molecular formula is C25H30ClN3O2. The Balaban J connectivity index is 1.56. The van der Waals surface area contributed by atoms with Crippen molar-refractivity contribution in [3.05, 3.63) is 64.8 Å². The Hall–Kier alpha value is -2.34. The Morgan fingerprint density at radius 1 is 1.10 bits per heavy atom. The largest absolute Gasteiger partial charge is 0.487 e. The minimum atomic E-state index is 0.162. The molecule has 0 bridgehead atoms. The van der Waals surface area contributed by atoms with Crippen LogP contribution in [0.5, 0.6) is 5.75 Å². The summed E-state index contributed by atoms with van der Waals surface area (Å²) in [6.07, 6.45) is 2.20. The zero-order valence-electron chi connectivity index (χ0n) is 18.5. The lowest BCUT2D eigenvalue weighted by Gasteiger charge is -2.34. The molecule has 2 heterocycles. The highest BCUT2D eigenvalue weighted by atomic mass is 35.5. The molecule has 1 fully saturated rings. The fourth-order valence-electron chi connectivity index (χ4n) is 4.48. The number of fused-ring (bicyclic) bond motifs is 1. The lowest BCUT2D eigenvalue weighted by atomic mass is 10.0. The first-order valence-corrected chi connectivity index (χ1v) is 11.2. The number of likely N-dealkylation sites (tertiary alicyclic amines) is 1. The van der Waals surface area contributed by atoms with Crippen LogP contribution in [0.1, 0.15) is 28.9 Å². The third-order valence-electron chi connectivity index (χ3n) is 6.35. The van der Waals surface area contributed by atoms with Gasteiger partial charge >= 0.3 is 0 Å². The molecule has 164 valence electrons. The Kier molecular flexibility index (Phi) is 6.65. The van der Waals surface area contributed by atoms with Gasteiger partial charge < -0.3 is 14.2 Å². The molecule has 6 heteroatoms. The van der Waals surface area contributed by atoms with Crippen LogP contribution in [0.25, 0.3) is 10.9 Å². The van der Waals surface area contributed by atoms with E-state index in [1.165, 1.54) is 0 Å². The van der Waals surface area contributed by atoms with Gasteiger partial charge in [-0.05, 0) is 57.3 Å². The van der Waals surface area contributed by atoms with Crippen molar-refractivity contribution in [3.8, 4) is 5.75 Å². The van der Waals surface area contributed by atoms with Crippen LogP contribution in [0.2, 0.25) is 5.02 Å². The normalized spacial score (nSPS) is 15.6. The Bertz CT molecular complexity index is 1050. The SMILES string of the molecule is CN(C)C1CCN(CC(=O)c2c(COc3ccc(Cl)cc3)n(C)c3ccccc23)CC1. The Morgan fingerprint density at radius 3 is 2.45 bits per heavy atom. The van der Waals surface area contributed by atoms with Gasteiger partial charge in [0.1, 0.15) is 12.4 Å². The van der Waals surface area contributed by atoms with Crippen LogP contribution in [-0.2, 0) is 13.7 Å². The molecule has 1 aliphatic rings. The lowest BCUT2D eigenvalue weighted by Crippen LogP contribution is -2.43. The van der Waals surface area contributed by atoms with Gasteiger partial charge in [-0.3, -0.25) is 9.69 Å². The predicted molar refractivity (Wildman–Crippen MR) is 126 cm³/mol. The summed E-state index contributed by atoms with van der Waals surface area (Å²) in [5, 5.41) is 1.67. The lowest BCUT2D eigenvalue weighted by molar-refractivity contribution is 0.0873. The van der Waals surface area contributed by atoms with Crippen molar-refractivity contribution in [3.63, 3.8) is 0 Å². The molecule has 0 saturated carbocycles. The third-order valence-corrected chi connectivity index (χ3v) is 6.60. The maximum Gasteiger partial charge on any atom is 0.179 e. The molecule has 3 aromatic rings. The number of hydrogen-bond donors (Lipinski definition) is 0. The van der Waals surface area contributed by atoms with E-state index in [1.54, 1.807) is 0 Å². The molecule has 2 aromatic carbocycles. The van der Waals surface area contributed by atoms with Gasteiger partial charge in [0, 0.05) is 42.1 Å². The van der Waals surface area contributed by atoms with Gasteiger partial charge in [-0.1, -0.05) is 29.8 Å². The predicted octanol–water partition coefficient (Wildman–Crippen LogP) is 4.62. The highest BCUT2D eigenvalue weighted by Crippen LogP contribution is 2.28. The van der Waals surface area contributed by atoms with Gasteiger partial charge in [0.05, 0.1) is 17.8 Å². The van der Waals surface area contributed by atoms with Crippen LogP contribution < -0.4 is 4.74 Å². The quantitative estimate of drug-likeness (QED) is 0.503. The van der Waals surface area contributed by atoms with Crippen molar-refractivity contribution in [2.75, 3.05) is 33.7 Å². The maximum atomic E-state index is 13.5. The molecule has 1 aromatic heterocycles. The molecule has 0 unspecified atom stereocenters. The van der Waals surface area contributed by atoms with Crippen LogP contribution in [0.4, 0.5) is 0 Å². The van der Waals surface area contributed by atoms with Crippen molar-refractivity contribution in [2.45, 2.75) is 25.5 Å². The number of rotatable bonds is 7. The monoisotopic (exact) mass is 439 g/mol. The van der Waals surface area contributed by atoms with E-state index in [0.717, 1.165) is 53.8 Å². The van der Waals surface area contributed by atoms with Gasteiger partial charge in [0.25, 0.3) is 0 Å². The van der Waals surface area contributed by atoms with Gasteiger partial charge in [-0.2, -0.15) is 0 Å². The number of ketones is 1. The molecule has 0 aliphatic carbocycles. The van der Waals surface area contributed by atoms with E-state index in [4.69, 9.17) is 16.3 Å². The Labute approximate surface area is 189 Å². The Morgan fingerprint density at radius 2 is 1.77 bits per heavy atom. The molecule has 0 spiro atoms. The van der Waals surface area contributed by atoms with Crippen molar-refractivity contribution >= 4 is 28.3 Å². The van der Waals surface area contributed by atoms with Gasteiger partial charge in [-0.15, -0.1) is 0 Å². The number of aryl methyl sites for hydroxylation is 1. The number of hydrogen-bond acceptors (Lipinski definition) is 4. The van der Waals surface area contributed by atoms with Crippen LogP contribution in [0.3, 0.4) is 0 Å². The minimum absolute atomic E-state index is 0.162. The summed E-state index contributed by atoms with van der Waals surface area (Å²) in [7, 11) is 6.27. The molecule has 0 amide bonds. The van der Waals surface area contributed by atoms with E-state index in [9.17, 15) is 4.79 Å². The third kappa shape index (κ3) is 4.79. The topological polar surface area (TPSA) is 37.7 Å². The van der Waals surface area contributed by atoms with E-state index < -0.39 is 0 Å². The van der Waals surface area contributed by atoms with Crippen molar-refractivity contribution in [1.29, 1.82) is 0 Å². The summed E-state index contributed by atoms with van der Waals surface area (Å²) in [5.74, 6) is 0.897. The van der Waals surface area contributed by atoms with Crippen molar-refractivity contribution in [2.24, 2.45) is 7.05 Å². The molecule has 4 rings (SSSR count). The summed E-state index contributed by atoms with van der Waals surface area (Å²) in [5.41, 5.74) is 2.73. The molecule has 1 aliphatic heterocycles. The number of ether oxygens (including phenoxy) is 1. The molecular weight excluding hydrogens is 410 g/mol. The summed E-state index contributed by atoms with van der Waals surface area (Å²) >= 11 is 5.98. The highest BCUT2D eigenvalue weighted by Gasteiger charge is 2.26. The van der Waals surface area contributed by atoms with E-state index in [-0.39, 0.29) is 5.78 Å². The fourth-order valence-corrected chi connectivity index (χ4v) is 4.61. The van der Waals surface area contributed by atoms with Crippen LogP contribution in [0, 0.1) is 0 Å². The maximum absolute atomic E-state index is 13.5. The first kappa shape index (κ1) is 21.9. The van der Waals surface area contributed by atoms with Gasteiger partial charge in [0.2, 0.25) is 0 Å². The van der Waals surface area contributed by atoms with Crippen molar-refractivity contribution in [1.82, 2.24) is 14.4 Å². The minimum Gasteiger partial charge on any atom is -0.487 e. The average molecular weight is 440 g/mol. The van der Waals surface area contributed by atoms with Gasteiger partial charge in [-0.25, -0.2) is 0 Å². The first-order chi connectivity index (χ1) is 14.9. The van der Waals surface area contributed by atoms with Crippen molar-refractivity contribution < 1.29 is 9.53 Å². The summed E-state index contributed by atoms with van der Waals surface area (Å²) in [4.78, 5) is 18.1. The smallest absolute Gasteiger partial charge is 0.179 e. The number of piperidine rings is 1. The molecule has 0 N–H and O–H groups in total. The number of Topliss-reactive ketones (excluding diaryl/α,β-unsaturated/α-hetero) is 1. The highest BCUT2D eigenvalue weighted by molar-refractivity contribution is 6.30. The molecule has 1 saturated heterocycles. The van der Waals surface area contributed by atoms with Crippen LogP contribution >= 0.6 is 11.6 Å². The van der Waals surface area contributed by atoms with E-state index >= 15 is 0 Å². The second-order valence-electron chi connectivity index (χ2n) is 8.53. The van der Waals surface area contributed by atoms with E-state index in [1.807, 2.05) is 49.5 Å².